The number of fused-ring (bicyclic) bond motifs is 1. The van der Waals surface area contributed by atoms with Crippen molar-refractivity contribution in [3.63, 3.8) is 0 Å². The molecule has 2 N–H and O–H groups in total. The Kier molecular flexibility index (Phi) is 3.18. The maximum atomic E-state index is 5.93. The minimum absolute atomic E-state index is 0.784. The number of nitrogens with zero attached hydrogens (tertiary/aromatic N) is 1. The molecule has 0 bridgehead atoms. The lowest BCUT2D eigenvalue weighted by Crippen LogP contribution is -1.98. The van der Waals surface area contributed by atoms with Crippen LogP contribution in [0.15, 0.2) is 30.5 Å². The van der Waals surface area contributed by atoms with Crippen molar-refractivity contribution in [2.45, 2.75) is 33.2 Å². The molecule has 0 spiro atoms. The second kappa shape index (κ2) is 4.60. The maximum Gasteiger partial charge on any atom is 0.0501 e. The number of aromatic nitrogens is 1. The zero-order valence-electron chi connectivity index (χ0n) is 10.1. The van der Waals surface area contributed by atoms with Crippen LogP contribution < -0.4 is 5.73 Å². The summed E-state index contributed by atoms with van der Waals surface area (Å²) in [6.45, 7) is 5.63. The van der Waals surface area contributed by atoms with Crippen LogP contribution in [0.4, 0.5) is 5.69 Å². The molecule has 2 nitrogen and oxygen atoms in total. The highest BCUT2D eigenvalue weighted by Gasteiger charge is 2.03. The molecule has 86 valence electrons. The van der Waals surface area contributed by atoms with Crippen molar-refractivity contribution in [3.05, 3.63) is 30.5 Å². The third kappa shape index (κ3) is 2.21. The van der Waals surface area contributed by atoms with Gasteiger partial charge in [-0.05, 0) is 37.0 Å². The lowest BCUT2D eigenvalue weighted by molar-refractivity contribution is 0.518. The van der Waals surface area contributed by atoms with Crippen molar-refractivity contribution in [2.24, 2.45) is 5.92 Å². The van der Waals surface area contributed by atoms with E-state index in [1.807, 2.05) is 12.1 Å². The first-order valence-corrected chi connectivity index (χ1v) is 6.02. The molecule has 0 amide bonds. The number of rotatable bonds is 4. The molecule has 0 atom stereocenters. The number of nitrogens with two attached hydrogens (primary N) is 1. The fraction of sp³-hybridized carbons (Fsp3) is 0.429. The van der Waals surface area contributed by atoms with E-state index < -0.39 is 0 Å². The number of nitrogen functional groups attached to an aromatic ring is 1. The van der Waals surface area contributed by atoms with E-state index in [-0.39, 0.29) is 0 Å². The van der Waals surface area contributed by atoms with Gasteiger partial charge < -0.3 is 10.3 Å². The zero-order chi connectivity index (χ0) is 11.5. The number of benzene rings is 1. The van der Waals surface area contributed by atoms with Crippen molar-refractivity contribution < 1.29 is 0 Å². The Hall–Kier alpha value is -1.44. The summed E-state index contributed by atoms with van der Waals surface area (Å²) < 4.78 is 2.30. The van der Waals surface area contributed by atoms with Gasteiger partial charge in [0, 0.05) is 23.8 Å². The molecule has 1 aromatic heterocycles. The van der Waals surface area contributed by atoms with Crippen LogP contribution in [0.25, 0.3) is 10.9 Å². The van der Waals surface area contributed by atoms with Gasteiger partial charge in [0.2, 0.25) is 0 Å². The second-order valence-electron chi connectivity index (χ2n) is 4.83. The van der Waals surface area contributed by atoms with Crippen molar-refractivity contribution in [3.8, 4) is 0 Å². The Balaban J connectivity index is 2.16. The summed E-state index contributed by atoms with van der Waals surface area (Å²) in [5, 5.41) is 1.17. The topological polar surface area (TPSA) is 30.9 Å². The summed E-state index contributed by atoms with van der Waals surface area (Å²) >= 11 is 0. The van der Waals surface area contributed by atoms with Gasteiger partial charge in [-0.2, -0.15) is 0 Å². The molecule has 0 radical (unpaired) electrons. The number of anilines is 1. The van der Waals surface area contributed by atoms with Gasteiger partial charge in [0.05, 0.1) is 5.52 Å². The van der Waals surface area contributed by atoms with Gasteiger partial charge in [-0.1, -0.05) is 19.9 Å². The first-order chi connectivity index (χ1) is 7.68. The van der Waals surface area contributed by atoms with E-state index >= 15 is 0 Å². The Morgan fingerprint density at radius 3 is 2.81 bits per heavy atom. The summed E-state index contributed by atoms with van der Waals surface area (Å²) in [6.07, 6.45) is 4.65. The molecule has 0 aliphatic rings. The lowest BCUT2D eigenvalue weighted by Gasteiger charge is -2.07. The average Bonchev–Trinajstić information content (AvgIpc) is 2.63. The van der Waals surface area contributed by atoms with Gasteiger partial charge in [0.1, 0.15) is 0 Å². The van der Waals surface area contributed by atoms with E-state index in [9.17, 15) is 0 Å². The van der Waals surface area contributed by atoms with Gasteiger partial charge in [0.15, 0.2) is 0 Å². The Morgan fingerprint density at radius 1 is 1.25 bits per heavy atom. The third-order valence-electron chi connectivity index (χ3n) is 3.03. The highest BCUT2D eigenvalue weighted by Crippen LogP contribution is 2.22. The van der Waals surface area contributed by atoms with Crippen LogP contribution in [-0.4, -0.2) is 4.57 Å². The predicted molar refractivity (Wildman–Crippen MR) is 70.4 cm³/mol. The van der Waals surface area contributed by atoms with Crippen LogP contribution in [0.5, 0.6) is 0 Å². The molecule has 2 heteroatoms. The van der Waals surface area contributed by atoms with Crippen LogP contribution in [-0.2, 0) is 6.54 Å². The van der Waals surface area contributed by atoms with E-state index in [2.05, 4.69) is 36.7 Å². The molecule has 2 aromatic rings. The molecular weight excluding hydrogens is 196 g/mol. The quantitative estimate of drug-likeness (QED) is 0.777. The van der Waals surface area contributed by atoms with E-state index in [1.165, 1.54) is 23.7 Å². The Bertz CT molecular complexity index is 469. The molecule has 0 unspecified atom stereocenters. The maximum absolute atomic E-state index is 5.93. The molecule has 1 aromatic carbocycles. The summed E-state index contributed by atoms with van der Waals surface area (Å²) in [5.74, 6) is 0.784. The largest absolute Gasteiger partial charge is 0.398 e. The van der Waals surface area contributed by atoms with Crippen LogP contribution in [0.1, 0.15) is 26.7 Å². The normalized spacial score (nSPS) is 11.4. The van der Waals surface area contributed by atoms with Crippen LogP contribution in [0.3, 0.4) is 0 Å². The zero-order valence-corrected chi connectivity index (χ0v) is 10.1. The van der Waals surface area contributed by atoms with Gasteiger partial charge in [0.25, 0.3) is 0 Å². The molecule has 0 saturated heterocycles. The number of aryl methyl sites for hydroxylation is 1. The van der Waals surface area contributed by atoms with E-state index in [0.717, 1.165) is 18.2 Å². The van der Waals surface area contributed by atoms with Gasteiger partial charge in [-0.15, -0.1) is 0 Å². The lowest BCUT2D eigenvalue weighted by atomic mass is 10.1. The molecule has 16 heavy (non-hydrogen) atoms. The summed E-state index contributed by atoms with van der Waals surface area (Å²) in [5.41, 5.74) is 8.06. The van der Waals surface area contributed by atoms with E-state index in [4.69, 9.17) is 5.73 Å². The highest BCUT2D eigenvalue weighted by atomic mass is 14.9. The van der Waals surface area contributed by atoms with Crippen LogP contribution in [0.2, 0.25) is 0 Å². The molecule has 0 saturated carbocycles. The minimum atomic E-state index is 0.784. The first-order valence-electron chi connectivity index (χ1n) is 6.02. The monoisotopic (exact) mass is 216 g/mol. The number of hydrogen-bond donors (Lipinski definition) is 1. The SMILES string of the molecule is CC(C)CCCn1ccc2c(N)cccc21. The molecular formula is C14H20N2. The van der Waals surface area contributed by atoms with Crippen molar-refractivity contribution in [2.75, 3.05) is 5.73 Å². The predicted octanol–water partition coefficient (Wildman–Crippen LogP) is 3.66. The molecule has 2 rings (SSSR count). The average molecular weight is 216 g/mol. The van der Waals surface area contributed by atoms with E-state index in [1.54, 1.807) is 0 Å². The standard InChI is InChI=1S/C14H20N2/c1-11(2)5-4-9-16-10-8-12-13(15)6-3-7-14(12)16/h3,6-8,10-11H,4-5,9,15H2,1-2H3. The van der Waals surface area contributed by atoms with Crippen molar-refractivity contribution in [1.82, 2.24) is 4.57 Å². The smallest absolute Gasteiger partial charge is 0.0501 e. The molecule has 1 heterocycles. The van der Waals surface area contributed by atoms with Crippen LogP contribution in [0, 0.1) is 5.92 Å². The fourth-order valence-corrected chi connectivity index (χ4v) is 2.11. The molecule has 0 fully saturated rings. The molecule has 0 aliphatic heterocycles. The first kappa shape index (κ1) is 11.1. The minimum Gasteiger partial charge on any atom is -0.398 e. The second-order valence-corrected chi connectivity index (χ2v) is 4.83. The van der Waals surface area contributed by atoms with Crippen LogP contribution >= 0.6 is 0 Å². The van der Waals surface area contributed by atoms with Gasteiger partial charge >= 0.3 is 0 Å². The molecule has 0 aliphatic carbocycles. The summed E-state index contributed by atoms with van der Waals surface area (Å²) in [7, 11) is 0. The Morgan fingerprint density at radius 2 is 2.06 bits per heavy atom. The van der Waals surface area contributed by atoms with Crippen molar-refractivity contribution in [1.29, 1.82) is 0 Å². The van der Waals surface area contributed by atoms with Gasteiger partial charge in [-0.25, -0.2) is 0 Å². The summed E-state index contributed by atoms with van der Waals surface area (Å²) in [6, 6.07) is 8.23. The third-order valence-corrected chi connectivity index (χ3v) is 3.03. The summed E-state index contributed by atoms with van der Waals surface area (Å²) in [4.78, 5) is 0. The Labute approximate surface area is 97.1 Å². The fourth-order valence-electron chi connectivity index (χ4n) is 2.11. The van der Waals surface area contributed by atoms with Gasteiger partial charge in [-0.3, -0.25) is 0 Å². The highest BCUT2D eigenvalue weighted by molar-refractivity contribution is 5.91. The van der Waals surface area contributed by atoms with E-state index in [0.29, 0.717) is 0 Å². The number of hydrogen-bond acceptors (Lipinski definition) is 1. The van der Waals surface area contributed by atoms with Crippen molar-refractivity contribution >= 4 is 16.6 Å².